The maximum atomic E-state index is 13.8. The van der Waals surface area contributed by atoms with Crippen molar-refractivity contribution in [2.24, 2.45) is 0 Å². The molecule has 1 atom stereocenters. The van der Waals surface area contributed by atoms with Crippen LogP contribution < -0.4 is 10.1 Å². The van der Waals surface area contributed by atoms with Gasteiger partial charge in [-0.05, 0) is 87.0 Å². The van der Waals surface area contributed by atoms with Crippen molar-refractivity contribution in [2.75, 3.05) is 26.7 Å². The highest BCUT2D eigenvalue weighted by atomic mass is 19.4. The van der Waals surface area contributed by atoms with Gasteiger partial charge in [-0.3, -0.25) is 9.69 Å². The molecule has 5 nitrogen and oxygen atoms in total. The number of hydrogen-bond donors (Lipinski definition) is 1. The average Bonchev–Trinajstić information content (AvgIpc) is 3.65. The van der Waals surface area contributed by atoms with E-state index in [-0.39, 0.29) is 17.8 Å². The SMILES string of the molecule is CN1C(c2ccc(C3CC3)cc2)N(CCc2ccc(OC(F)(F)F)cc2)C(=O)C12CCNCC2. The van der Waals surface area contributed by atoms with E-state index in [0.717, 1.165) is 37.1 Å². The fraction of sp³-hybridized carbons (Fsp3) is 0.500. The molecule has 182 valence electrons. The minimum absolute atomic E-state index is 0.143. The first-order valence-electron chi connectivity index (χ1n) is 12.0. The van der Waals surface area contributed by atoms with Crippen LogP contribution in [0.1, 0.15) is 54.5 Å². The Hall–Kier alpha value is -2.58. The highest BCUT2D eigenvalue weighted by molar-refractivity contribution is 5.89. The summed E-state index contributed by atoms with van der Waals surface area (Å²) in [5.74, 6) is 0.577. The third-order valence-electron chi connectivity index (χ3n) is 7.51. The van der Waals surface area contributed by atoms with Gasteiger partial charge < -0.3 is 15.0 Å². The molecule has 2 saturated heterocycles. The molecule has 1 N–H and O–H groups in total. The topological polar surface area (TPSA) is 44.8 Å². The predicted molar refractivity (Wildman–Crippen MR) is 122 cm³/mol. The molecule has 5 rings (SSSR count). The first kappa shape index (κ1) is 23.2. The lowest BCUT2D eigenvalue weighted by Crippen LogP contribution is -2.54. The molecule has 1 amide bonds. The summed E-state index contributed by atoms with van der Waals surface area (Å²) in [7, 11) is 2.05. The molecule has 8 heteroatoms. The second-order valence-corrected chi connectivity index (χ2v) is 9.65. The summed E-state index contributed by atoms with van der Waals surface area (Å²) < 4.78 is 41.3. The molecule has 3 aliphatic rings. The molecule has 2 aliphatic heterocycles. The van der Waals surface area contributed by atoms with Gasteiger partial charge in [0.25, 0.3) is 0 Å². The number of carbonyl (C=O) groups is 1. The molecule has 3 fully saturated rings. The van der Waals surface area contributed by atoms with Crippen molar-refractivity contribution in [3.63, 3.8) is 0 Å². The highest BCUT2D eigenvalue weighted by Crippen LogP contribution is 2.45. The molecule has 1 spiro atoms. The van der Waals surface area contributed by atoms with Crippen LogP contribution in [-0.2, 0) is 11.2 Å². The van der Waals surface area contributed by atoms with Crippen LogP contribution in [0.25, 0.3) is 0 Å². The standard InChI is InChI=1S/C26H30F3N3O2/c1-31-23(21-8-6-20(7-9-21)19-4-5-19)32(24(33)25(31)13-15-30-16-14-25)17-12-18-2-10-22(11-3-18)34-26(27,28)29/h2-3,6-11,19,23,30H,4-5,12-17H2,1H3. The summed E-state index contributed by atoms with van der Waals surface area (Å²) in [4.78, 5) is 18.0. The van der Waals surface area contributed by atoms with E-state index in [9.17, 15) is 18.0 Å². The molecule has 1 saturated carbocycles. The van der Waals surface area contributed by atoms with Gasteiger partial charge in [-0.25, -0.2) is 0 Å². The Morgan fingerprint density at radius 2 is 1.62 bits per heavy atom. The van der Waals surface area contributed by atoms with E-state index in [1.165, 1.54) is 30.5 Å². The Morgan fingerprint density at radius 3 is 2.21 bits per heavy atom. The maximum Gasteiger partial charge on any atom is 0.573 e. The number of amides is 1. The number of piperidine rings is 1. The predicted octanol–water partition coefficient (Wildman–Crippen LogP) is 4.60. The first-order chi connectivity index (χ1) is 16.3. The van der Waals surface area contributed by atoms with E-state index in [4.69, 9.17) is 0 Å². The summed E-state index contributed by atoms with van der Waals surface area (Å²) in [6, 6.07) is 14.6. The fourth-order valence-electron chi connectivity index (χ4n) is 5.47. The minimum atomic E-state index is -4.71. The van der Waals surface area contributed by atoms with Crippen molar-refractivity contribution in [1.29, 1.82) is 0 Å². The van der Waals surface area contributed by atoms with Gasteiger partial charge in [-0.15, -0.1) is 13.2 Å². The van der Waals surface area contributed by atoms with Gasteiger partial charge in [0.05, 0.1) is 0 Å². The zero-order chi connectivity index (χ0) is 23.9. The molecule has 1 unspecified atom stereocenters. The van der Waals surface area contributed by atoms with E-state index in [2.05, 4.69) is 39.2 Å². The normalized spacial score (nSPS) is 23.0. The van der Waals surface area contributed by atoms with Crippen molar-refractivity contribution in [2.45, 2.75) is 56.1 Å². The van der Waals surface area contributed by atoms with Crippen molar-refractivity contribution in [1.82, 2.24) is 15.1 Å². The quantitative estimate of drug-likeness (QED) is 0.666. The first-order valence-corrected chi connectivity index (χ1v) is 12.0. The molecular formula is C26H30F3N3O2. The van der Waals surface area contributed by atoms with Gasteiger partial charge in [0.1, 0.15) is 17.5 Å². The molecule has 2 aromatic rings. The smallest absolute Gasteiger partial charge is 0.406 e. The molecule has 0 bridgehead atoms. The van der Waals surface area contributed by atoms with Crippen molar-refractivity contribution < 1.29 is 22.7 Å². The van der Waals surface area contributed by atoms with Gasteiger partial charge >= 0.3 is 6.36 Å². The summed E-state index contributed by atoms with van der Waals surface area (Å²) >= 11 is 0. The third-order valence-corrected chi connectivity index (χ3v) is 7.51. The number of alkyl halides is 3. The number of benzene rings is 2. The Labute approximate surface area is 197 Å². The van der Waals surface area contributed by atoms with Gasteiger partial charge in [-0.2, -0.15) is 0 Å². The van der Waals surface area contributed by atoms with E-state index in [1.807, 2.05) is 11.9 Å². The number of halogens is 3. The molecule has 0 aromatic heterocycles. The molecule has 0 radical (unpaired) electrons. The second kappa shape index (κ2) is 8.89. The van der Waals surface area contributed by atoms with Crippen LogP contribution in [0.2, 0.25) is 0 Å². The van der Waals surface area contributed by atoms with Gasteiger partial charge in [0.2, 0.25) is 5.91 Å². The van der Waals surface area contributed by atoms with E-state index in [1.54, 1.807) is 12.1 Å². The lowest BCUT2D eigenvalue weighted by Gasteiger charge is -2.38. The number of ether oxygens (including phenoxy) is 1. The van der Waals surface area contributed by atoms with Crippen LogP contribution in [0.3, 0.4) is 0 Å². The number of nitrogens with zero attached hydrogens (tertiary/aromatic N) is 2. The lowest BCUT2D eigenvalue weighted by atomic mass is 9.87. The van der Waals surface area contributed by atoms with Crippen molar-refractivity contribution >= 4 is 5.91 Å². The van der Waals surface area contributed by atoms with E-state index < -0.39 is 11.9 Å². The van der Waals surface area contributed by atoms with Crippen LogP contribution in [0, 0.1) is 0 Å². The molecule has 34 heavy (non-hydrogen) atoms. The Morgan fingerprint density at radius 1 is 1.00 bits per heavy atom. The van der Waals surface area contributed by atoms with Crippen LogP contribution in [0.15, 0.2) is 48.5 Å². The molecule has 2 heterocycles. The van der Waals surface area contributed by atoms with Crippen LogP contribution in [0.4, 0.5) is 13.2 Å². The Kier molecular flexibility index (Phi) is 6.06. The van der Waals surface area contributed by atoms with Gasteiger partial charge in [-0.1, -0.05) is 36.4 Å². The Balaban J connectivity index is 1.36. The largest absolute Gasteiger partial charge is 0.573 e. The summed E-state index contributed by atoms with van der Waals surface area (Å²) in [5.41, 5.74) is 2.80. The number of nitrogens with one attached hydrogen (secondary N) is 1. The summed E-state index contributed by atoms with van der Waals surface area (Å²) in [6.45, 7) is 2.10. The minimum Gasteiger partial charge on any atom is -0.406 e. The second-order valence-electron chi connectivity index (χ2n) is 9.65. The number of hydrogen-bond acceptors (Lipinski definition) is 4. The van der Waals surface area contributed by atoms with Crippen LogP contribution >= 0.6 is 0 Å². The number of likely N-dealkylation sites (N-methyl/N-ethyl adjacent to an activating group) is 1. The number of carbonyl (C=O) groups excluding carboxylic acids is 1. The zero-order valence-corrected chi connectivity index (χ0v) is 19.3. The highest BCUT2D eigenvalue weighted by Gasteiger charge is 2.55. The zero-order valence-electron chi connectivity index (χ0n) is 19.3. The van der Waals surface area contributed by atoms with Gasteiger partial charge in [0, 0.05) is 6.54 Å². The van der Waals surface area contributed by atoms with E-state index in [0.29, 0.717) is 18.9 Å². The Bertz CT molecular complexity index is 1010. The molecule has 1 aliphatic carbocycles. The monoisotopic (exact) mass is 473 g/mol. The third kappa shape index (κ3) is 4.53. The summed E-state index contributed by atoms with van der Waals surface area (Å²) in [6.07, 6.45) is -0.299. The van der Waals surface area contributed by atoms with Gasteiger partial charge in [0.15, 0.2) is 0 Å². The number of rotatable bonds is 6. The molecular weight excluding hydrogens is 443 g/mol. The van der Waals surface area contributed by atoms with Crippen LogP contribution in [-0.4, -0.2) is 54.3 Å². The van der Waals surface area contributed by atoms with Crippen molar-refractivity contribution in [3.05, 3.63) is 65.2 Å². The molecule has 2 aromatic carbocycles. The lowest BCUT2D eigenvalue weighted by molar-refractivity contribution is -0.274. The average molecular weight is 474 g/mol. The van der Waals surface area contributed by atoms with Crippen LogP contribution in [0.5, 0.6) is 5.75 Å². The summed E-state index contributed by atoms with van der Waals surface area (Å²) in [5, 5.41) is 3.36. The van der Waals surface area contributed by atoms with Crippen molar-refractivity contribution in [3.8, 4) is 5.75 Å². The fourth-order valence-corrected chi connectivity index (χ4v) is 5.47. The van der Waals surface area contributed by atoms with E-state index >= 15 is 0 Å². The maximum absolute atomic E-state index is 13.8.